The predicted octanol–water partition coefficient (Wildman–Crippen LogP) is 3.71. The molecule has 2 aromatic heterocycles. The number of methoxy groups -OCH3 is 2. The number of nitrogens with one attached hydrogen (secondary N) is 1. The van der Waals surface area contributed by atoms with Gasteiger partial charge in [0.1, 0.15) is 23.7 Å². The number of aliphatic hydroxyl groups excluding tert-OH is 1. The van der Waals surface area contributed by atoms with Gasteiger partial charge < -0.3 is 24.1 Å². The summed E-state index contributed by atoms with van der Waals surface area (Å²) in [7, 11) is 2.73. The molecule has 0 aliphatic carbocycles. The molecule has 2 heterocycles. The molecule has 0 atom stereocenters. The van der Waals surface area contributed by atoms with E-state index >= 15 is 0 Å². The van der Waals surface area contributed by atoms with E-state index in [2.05, 4.69) is 15.0 Å². The normalized spacial score (nSPS) is 11.1. The van der Waals surface area contributed by atoms with Crippen molar-refractivity contribution in [3.8, 4) is 28.8 Å². The van der Waals surface area contributed by atoms with Gasteiger partial charge in [0.25, 0.3) is 0 Å². The molecule has 0 unspecified atom stereocenters. The van der Waals surface area contributed by atoms with Crippen LogP contribution in [0.15, 0.2) is 29.1 Å². The largest absolute Gasteiger partial charge is 0.496 e. The van der Waals surface area contributed by atoms with Crippen LogP contribution >= 0.6 is 11.6 Å². The molecule has 10 nitrogen and oxygen atoms in total. The van der Waals surface area contributed by atoms with Crippen LogP contribution < -0.4 is 24.6 Å². The van der Waals surface area contributed by atoms with Crippen molar-refractivity contribution in [2.75, 3.05) is 27.4 Å². The molecule has 0 aliphatic rings. The zero-order valence-electron chi connectivity index (χ0n) is 20.1. The third-order valence-electron chi connectivity index (χ3n) is 5.37. The summed E-state index contributed by atoms with van der Waals surface area (Å²) in [6.07, 6.45) is 0.322. The van der Waals surface area contributed by atoms with Crippen molar-refractivity contribution in [1.82, 2.24) is 19.5 Å². The van der Waals surface area contributed by atoms with Crippen molar-refractivity contribution in [1.29, 1.82) is 0 Å². The monoisotopic (exact) mass is 536 g/mol. The molecule has 0 amide bonds. The van der Waals surface area contributed by atoms with Gasteiger partial charge in [0, 0.05) is 25.2 Å². The van der Waals surface area contributed by atoms with Crippen molar-refractivity contribution < 1.29 is 32.8 Å². The van der Waals surface area contributed by atoms with Crippen molar-refractivity contribution in [2.45, 2.75) is 20.0 Å². The number of aromatic nitrogens is 4. The molecular formula is C24H23ClF2N4O6. The summed E-state index contributed by atoms with van der Waals surface area (Å²) in [6.45, 7) is 1.22. The molecule has 0 spiro atoms. The maximum atomic E-state index is 14.5. The van der Waals surface area contributed by atoms with Gasteiger partial charge in [-0.05, 0) is 19.1 Å². The van der Waals surface area contributed by atoms with E-state index < -0.39 is 23.9 Å². The molecule has 2 aromatic carbocycles. The van der Waals surface area contributed by atoms with Crippen LogP contribution in [0.25, 0.3) is 16.9 Å². The molecule has 196 valence electrons. The number of aliphatic hydroxyl groups is 1. The zero-order chi connectivity index (χ0) is 26.7. The first kappa shape index (κ1) is 26.2. The van der Waals surface area contributed by atoms with Crippen molar-refractivity contribution in [2.24, 2.45) is 0 Å². The summed E-state index contributed by atoms with van der Waals surface area (Å²) in [5.41, 5.74) is -0.0970. The van der Waals surface area contributed by atoms with Crippen LogP contribution in [0.1, 0.15) is 17.8 Å². The van der Waals surface area contributed by atoms with Crippen molar-refractivity contribution >= 4 is 22.8 Å². The summed E-state index contributed by atoms with van der Waals surface area (Å²) in [4.78, 5) is 24.1. The minimum absolute atomic E-state index is 0.0713. The number of H-pyrrole nitrogens is 1. The Balaban J connectivity index is 1.83. The van der Waals surface area contributed by atoms with Gasteiger partial charge in [-0.15, -0.1) is 0 Å². The molecule has 0 bridgehead atoms. The summed E-state index contributed by atoms with van der Waals surface area (Å²) in [6, 6.07) is 5.06. The fraction of sp³-hybridized carbons (Fsp3) is 0.292. The highest BCUT2D eigenvalue weighted by atomic mass is 35.5. The van der Waals surface area contributed by atoms with E-state index in [4.69, 9.17) is 35.7 Å². The molecule has 37 heavy (non-hydrogen) atoms. The number of nitrogens with zero attached hydrogens (tertiary/aromatic N) is 3. The van der Waals surface area contributed by atoms with E-state index in [1.165, 1.54) is 37.0 Å². The Labute approximate surface area is 214 Å². The lowest BCUT2D eigenvalue weighted by molar-refractivity contribution is 0.220. The molecule has 2 N–H and O–H groups in total. The highest BCUT2D eigenvalue weighted by molar-refractivity contribution is 6.32. The highest BCUT2D eigenvalue weighted by Crippen LogP contribution is 2.37. The molecule has 4 aromatic rings. The molecule has 0 saturated carbocycles. The minimum atomic E-state index is -1.12. The summed E-state index contributed by atoms with van der Waals surface area (Å²) in [5.74, 6) is -1.35. The third kappa shape index (κ3) is 5.16. The maximum absolute atomic E-state index is 14.5. The Bertz CT molecular complexity index is 1510. The average Bonchev–Trinajstić information content (AvgIpc) is 3.20. The van der Waals surface area contributed by atoms with Crippen LogP contribution in [0.3, 0.4) is 0 Å². The quantitative estimate of drug-likeness (QED) is 0.294. The lowest BCUT2D eigenvalue weighted by atomic mass is 10.2. The van der Waals surface area contributed by atoms with E-state index in [9.17, 15) is 13.6 Å². The fourth-order valence-electron chi connectivity index (χ4n) is 3.65. The molecular weight excluding hydrogens is 514 g/mol. The zero-order valence-corrected chi connectivity index (χ0v) is 20.9. The molecule has 0 fully saturated rings. The van der Waals surface area contributed by atoms with Gasteiger partial charge >= 0.3 is 5.69 Å². The Morgan fingerprint density at radius 3 is 2.54 bits per heavy atom. The number of imidazole rings is 1. The minimum Gasteiger partial charge on any atom is -0.496 e. The van der Waals surface area contributed by atoms with Crippen molar-refractivity contribution in [3.63, 3.8) is 0 Å². The lowest BCUT2D eigenvalue weighted by Gasteiger charge is -2.17. The first-order valence-electron chi connectivity index (χ1n) is 11.0. The number of halogens is 3. The van der Waals surface area contributed by atoms with Gasteiger partial charge in [-0.2, -0.15) is 4.98 Å². The fourth-order valence-corrected chi connectivity index (χ4v) is 3.89. The number of aromatic amines is 1. The molecule has 0 radical (unpaired) electrons. The van der Waals surface area contributed by atoms with Gasteiger partial charge in [-0.1, -0.05) is 11.6 Å². The third-order valence-corrected chi connectivity index (χ3v) is 5.67. The van der Waals surface area contributed by atoms with E-state index in [1.807, 2.05) is 0 Å². The molecule has 0 aliphatic heterocycles. The number of fused-ring (bicyclic) bond motifs is 1. The van der Waals surface area contributed by atoms with E-state index in [1.54, 1.807) is 6.92 Å². The molecule has 0 saturated heterocycles. The van der Waals surface area contributed by atoms with Crippen LogP contribution in [-0.2, 0) is 6.61 Å². The standard InChI is InChI=1S/C24H23ClF2N4O6/c1-12-28-22-21(23(29-12)35-3)30-24(33)31(22)16-10-19(18(9-14(16)25)36-8-4-7-32)37-11-13-17(34-2)6-5-15(26)20(13)27/h5-6,9-10,32H,4,7-8,11H2,1-3H3,(H,30,33). The van der Waals surface area contributed by atoms with Crippen molar-refractivity contribution in [3.05, 3.63) is 62.8 Å². The Kier molecular flexibility index (Phi) is 7.79. The van der Waals surface area contributed by atoms with Gasteiger partial charge in [0.2, 0.25) is 5.88 Å². The first-order chi connectivity index (χ1) is 17.8. The number of benzene rings is 2. The van der Waals surface area contributed by atoms with Crippen LogP contribution in [0, 0.1) is 18.6 Å². The second-order valence-electron chi connectivity index (χ2n) is 7.75. The number of aryl methyl sites for hydroxylation is 1. The van der Waals surface area contributed by atoms with Crippen LogP contribution in [0.5, 0.6) is 23.1 Å². The Hall–Kier alpha value is -3.90. The number of hydrogen-bond donors (Lipinski definition) is 2. The van der Waals surface area contributed by atoms with Crippen LogP contribution in [0.4, 0.5) is 8.78 Å². The van der Waals surface area contributed by atoms with Gasteiger partial charge in [-0.25, -0.2) is 23.1 Å². The second-order valence-corrected chi connectivity index (χ2v) is 8.16. The Morgan fingerprint density at radius 2 is 1.84 bits per heavy atom. The SMILES string of the molecule is COc1ccc(F)c(F)c1COc1cc(-n2c(=O)[nH]c3c(OC)nc(C)nc32)c(Cl)cc1OCCCO. The van der Waals surface area contributed by atoms with Gasteiger partial charge in [0.15, 0.2) is 28.8 Å². The topological polar surface area (TPSA) is 121 Å². The number of ether oxygens (including phenoxy) is 4. The molecule has 13 heteroatoms. The van der Waals surface area contributed by atoms with E-state index in [0.29, 0.717) is 12.2 Å². The van der Waals surface area contributed by atoms with Crippen LogP contribution in [0.2, 0.25) is 5.02 Å². The second kappa shape index (κ2) is 11.0. The van der Waals surface area contributed by atoms with E-state index in [0.717, 1.165) is 6.07 Å². The van der Waals surface area contributed by atoms with Gasteiger partial charge in [0.05, 0.1) is 37.1 Å². The maximum Gasteiger partial charge on any atom is 0.332 e. The Morgan fingerprint density at radius 1 is 1.08 bits per heavy atom. The smallest absolute Gasteiger partial charge is 0.332 e. The van der Waals surface area contributed by atoms with Crippen LogP contribution in [-0.4, -0.2) is 52.1 Å². The predicted molar refractivity (Wildman–Crippen MR) is 130 cm³/mol. The molecule has 4 rings (SSSR count). The summed E-state index contributed by atoms with van der Waals surface area (Å²) < 4.78 is 51.5. The summed E-state index contributed by atoms with van der Waals surface area (Å²) in [5, 5.41) is 9.22. The lowest BCUT2D eigenvalue weighted by Crippen LogP contribution is -2.16. The number of rotatable bonds is 10. The summed E-state index contributed by atoms with van der Waals surface area (Å²) >= 11 is 6.54. The average molecular weight is 537 g/mol. The first-order valence-corrected chi connectivity index (χ1v) is 11.4. The van der Waals surface area contributed by atoms with E-state index in [-0.39, 0.29) is 63.8 Å². The number of hydrogen-bond acceptors (Lipinski definition) is 8. The van der Waals surface area contributed by atoms with Gasteiger partial charge in [-0.3, -0.25) is 4.98 Å². The highest BCUT2D eigenvalue weighted by Gasteiger charge is 2.22.